The van der Waals surface area contributed by atoms with E-state index in [2.05, 4.69) is 10.2 Å². The second kappa shape index (κ2) is 6.53. The summed E-state index contributed by atoms with van der Waals surface area (Å²) in [7, 11) is -1.33. The van der Waals surface area contributed by atoms with Crippen molar-refractivity contribution in [2.75, 3.05) is 39.8 Å². The SMILES string of the molecule is CCNCc1scc(C)c1S(=O)(=O)N1CCN(C)CC1. The average molecular weight is 317 g/mol. The number of rotatable bonds is 5. The van der Waals surface area contributed by atoms with Gasteiger partial charge in [0.2, 0.25) is 10.0 Å². The van der Waals surface area contributed by atoms with Gasteiger partial charge in [-0.05, 0) is 31.5 Å². The van der Waals surface area contributed by atoms with Crippen molar-refractivity contribution in [3.63, 3.8) is 0 Å². The molecule has 5 nitrogen and oxygen atoms in total. The van der Waals surface area contributed by atoms with Crippen molar-refractivity contribution in [3.05, 3.63) is 15.8 Å². The second-order valence-electron chi connectivity index (χ2n) is 5.16. The molecule has 0 radical (unpaired) electrons. The van der Waals surface area contributed by atoms with Gasteiger partial charge in [0.25, 0.3) is 0 Å². The molecule has 1 aromatic rings. The first-order valence-electron chi connectivity index (χ1n) is 6.93. The molecule has 114 valence electrons. The second-order valence-corrected chi connectivity index (χ2v) is 8.00. The van der Waals surface area contributed by atoms with Gasteiger partial charge in [-0.15, -0.1) is 11.3 Å². The molecule has 1 aliphatic heterocycles. The van der Waals surface area contributed by atoms with Crippen LogP contribution in [0.25, 0.3) is 0 Å². The number of sulfonamides is 1. The van der Waals surface area contributed by atoms with E-state index >= 15 is 0 Å². The fraction of sp³-hybridized carbons (Fsp3) is 0.692. The Morgan fingerprint density at radius 2 is 1.95 bits per heavy atom. The van der Waals surface area contributed by atoms with Crippen LogP contribution in [0, 0.1) is 6.92 Å². The van der Waals surface area contributed by atoms with Gasteiger partial charge in [-0.3, -0.25) is 0 Å². The lowest BCUT2D eigenvalue weighted by atomic mass is 10.3. The molecule has 0 bridgehead atoms. The van der Waals surface area contributed by atoms with Crippen molar-refractivity contribution in [2.45, 2.75) is 25.3 Å². The standard InChI is InChI=1S/C13H23N3O2S2/c1-4-14-9-12-13(11(2)10-19-12)20(17,18)16-7-5-15(3)6-8-16/h10,14H,4-9H2,1-3H3. The van der Waals surface area contributed by atoms with E-state index in [1.165, 1.54) is 11.3 Å². The number of nitrogens with zero attached hydrogens (tertiary/aromatic N) is 2. The van der Waals surface area contributed by atoms with Crippen LogP contribution >= 0.6 is 11.3 Å². The highest BCUT2D eigenvalue weighted by Crippen LogP contribution is 2.30. The van der Waals surface area contributed by atoms with Crippen LogP contribution in [-0.4, -0.2) is 57.4 Å². The zero-order valence-corrected chi connectivity index (χ0v) is 14.0. The van der Waals surface area contributed by atoms with Gasteiger partial charge in [-0.1, -0.05) is 6.92 Å². The molecule has 0 amide bonds. The summed E-state index contributed by atoms with van der Waals surface area (Å²) in [5.74, 6) is 0. The van der Waals surface area contributed by atoms with Crippen molar-refractivity contribution in [1.29, 1.82) is 0 Å². The molecule has 0 aromatic carbocycles. The van der Waals surface area contributed by atoms with E-state index in [1.54, 1.807) is 4.31 Å². The minimum absolute atomic E-state index is 0.521. The number of aryl methyl sites for hydroxylation is 1. The molecule has 20 heavy (non-hydrogen) atoms. The predicted molar refractivity (Wildman–Crippen MR) is 82.7 cm³/mol. The quantitative estimate of drug-likeness (QED) is 0.884. The Bertz CT molecular complexity index is 546. The summed E-state index contributed by atoms with van der Waals surface area (Å²) < 4.78 is 27.3. The van der Waals surface area contributed by atoms with E-state index in [4.69, 9.17) is 0 Å². The molecule has 2 heterocycles. The molecule has 1 N–H and O–H groups in total. The summed E-state index contributed by atoms with van der Waals surface area (Å²) >= 11 is 1.53. The molecule has 1 aromatic heterocycles. The van der Waals surface area contributed by atoms with Crippen LogP contribution < -0.4 is 5.32 Å². The number of likely N-dealkylation sites (N-methyl/N-ethyl adjacent to an activating group) is 1. The van der Waals surface area contributed by atoms with Crippen molar-refractivity contribution in [2.24, 2.45) is 0 Å². The summed E-state index contributed by atoms with van der Waals surface area (Å²) in [4.78, 5) is 3.60. The van der Waals surface area contributed by atoms with E-state index in [9.17, 15) is 8.42 Å². The smallest absolute Gasteiger partial charge is 0.244 e. The van der Waals surface area contributed by atoms with Crippen LogP contribution in [0.2, 0.25) is 0 Å². The monoisotopic (exact) mass is 317 g/mol. The van der Waals surface area contributed by atoms with Crippen molar-refractivity contribution in [1.82, 2.24) is 14.5 Å². The first-order valence-corrected chi connectivity index (χ1v) is 9.25. The fourth-order valence-corrected chi connectivity index (χ4v) is 5.50. The number of nitrogens with one attached hydrogen (secondary N) is 1. The van der Waals surface area contributed by atoms with Crippen LogP contribution in [0.1, 0.15) is 17.4 Å². The minimum Gasteiger partial charge on any atom is -0.312 e. The highest BCUT2D eigenvalue weighted by molar-refractivity contribution is 7.89. The number of hydrogen-bond acceptors (Lipinski definition) is 5. The van der Waals surface area contributed by atoms with Gasteiger partial charge in [0.1, 0.15) is 4.90 Å². The molecule has 0 aliphatic carbocycles. The normalized spacial score (nSPS) is 18.6. The third-order valence-corrected chi connectivity index (χ3v) is 6.95. The molecule has 0 spiro atoms. The summed E-state index contributed by atoms with van der Waals surface area (Å²) in [5.41, 5.74) is 0.863. The molecular formula is C13H23N3O2S2. The highest BCUT2D eigenvalue weighted by atomic mass is 32.2. The van der Waals surface area contributed by atoms with Gasteiger partial charge in [-0.2, -0.15) is 4.31 Å². The van der Waals surface area contributed by atoms with Gasteiger partial charge in [0.05, 0.1) is 0 Å². The highest BCUT2D eigenvalue weighted by Gasteiger charge is 2.31. The zero-order chi connectivity index (χ0) is 14.8. The Morgan fingerprint density at radius 3 is 2.55 bits per heavy atom. The van der Waals surface area contributed by atoms with Gasteiger partial charge >= 0.3 is 0 Å². The minimum atomic E-state index is -3.36. The molecular weight excluding hydrogens is 294 g/mol. The third-order valence-electron chi connectivity index (χ3n) is 3.59. The van der Waals surface area contributed by atoms with E-state index in [1.807, 2.05) is 26.3 Å². The molecule has 0 unspecified atom stereocenters. The van der Waals surface area contributed by atoms with Crippen molar-refractivity contribution in [3.8, 4) is 0 Å². The first kappa shape index (κ1) is 15.9. The van der Waals surface area contributed by atoms with Gasteiger partial charge in [0.15, 0.2) is 0 Å². The topological polar surface area (TPSA) is 52.7 Å². The van der Waals surface area contributed by atoms with Crippen LogP contribution in [0.15, 0.2) is 10.3 Å². The van der Waals surface area contributed by atoms with Gasteiger partial charge < -0.3 is 10.2 Å². The molecule has 2 rings (SSSR count). The zero-order valence-electron chi connectivity index (χ0n) is 12.3. The van der Waals surface area contributed by atoms with Crippen molar-refractivity contribution < 1.29 is 8.42 Å². The summed E-state index contributed by atoms with van der Waals surface area (Å²) in [5, 5.41) is 5.16. The van der Waals surface area contributed by atoms with Crippen molar-refractivity contribution >= 4 is 21.4 Å². The Labute approximate surface area is 125 Å². The summed E-state index contributed by atoms with van der Waals surface area (Å²) in [6.07, 6.45) is 0. The van der Waals surface area contributed by atoms with Gasteiger partial charge in [-0.25, -0.2) is 8.42 Å². The number of thiophene rings is 1. The van der Waals surface area contributed by atoms with E-state index in [0.717, 1.165) is 30.1 Å². The lowest BCUT2D eigenvalue weighted by molar-refractivity contribution is 0.222. The maximum Gasteiger partial charge on any atom is 0.244 e. The molecule has 0 atom stereocenters. The molecule has 1 fully saturated rings. The summed E-state index contributed by atoms with van der Waals surface area (Å²) in [6.45, 7) is 8.12. The first-order chi connectivity index (χ1) is 9.46. The predicted octanol–water partition coefficient (Wildman–Crippen LogP) is 1.10. The molecule has 1 saturated heterocycles. The maximum atomic E-state index is 12.8. The average Bonchev–Trinajstić information content (AvgIpc) is 2.78. The fourth-order valence-electron chi connectivity index (χ4n) is 2.35. The Morgan fingerprint density at radius 1 is 1.30 bits per heavy atom. The van der Waals surface area contributed by atoms with Crippen LogP contribution in [0.5, 0.6) is 0 Å². The van der Waals surface area contributed by atoms with Gasteiger partial charge in [0, 0.05) is 37.6 Å². The Balaban J connectivity index is 2.27. The number of piperazine rings is 1. The largest absolute Gasteiger partial charge is 0.312 e. The van der Waals surface area contributed by atoms with Crippen LogP contribution in [0.3, 0.4) is 0 Å². The lowest BCUT2D eigenvalue weighted by Gasteiger charge is -2.31. The number of hydrogen-bond donors (Lipinski definition) is 1. The lowest BCUT2D eigenvalue weighted by Crippen LogP contribution is -2.47. The molecule has 7 heteroatoms. The van der Waals surface area contributed by atoms with Crippen LogP contribution in [0.4, 0.5) is 0 Å². The molecule has 0 saturated carbocycles. The third kappa shape index (κ3) is 3.23. The molecule has 1 aliphatic rings. The Kier molecular flexibility index (Phi) is 5.19. The van der Waals surface area contributed by atoms with E-state index in [-0.39, 0.29) is 0 Å². The maximum absolute atomic E-state index is 12.8. The Hall–Kier alpha value is -0.470. The summed E-state index contributed by atoms with van der Waals surface area (Å²) in [6, 6.07) is 0. The van der Waals surface area contributed by atoms with Crippen LogP contribution in [-0.2, 0) is 16.6 Å². The van der Waals surface area contributed by atoms with E-state index < -0.39 is 10.0 Å². The van der Waals surface area contributed by atoms with E-state index in [0.29, 0.717) is 24.5 Å².